The Morgan fingerprint density at radius 3 is 2.07 bits per heavy atom. The maximum absolute atomic E-state index is 14.3. The number of urea groups is 1. The van der Waals surface area contributed by atoms with Crippen molar-refractivity contribution in [2.75, 3.05) is 10.6 Å². The van der Waals surface area contributed by atoms with E-state index in [2.05, 4.69) is 10.6 Å². The number of carbonyl (C=O) groups excluding carboxylic acids is 1. The maximum Gasteiger partial charge on any atom is 0.360 e. The molecule has 0 aliphatic heterocycles. The zero-order valence-corrected chi connectivity index (χ0v) is 24.1. The molecule has 6 nitrogen and oxygen atoms in total. The maximum atomic E-state index is 14.3. The molecule has 1 heterocycles. The molecule has 2 amide bonds. The summed E-state index contributed by atoms with van der Waals surface area (Å²) >= 11 is 0. The number of anilines is 2. The average molecular weight is 561 g/mol. The van der Waals surface area contributed by atoms with Gasteiger partial charge in [-0.3, -0.25) is 0 Å². The van der Waals surface area contributed by atoms with E-state index in [-0.39, 0.29) is 17.1 Å². The predicted molar refractivity (Wildman–Crippen MR) is 158 cm³/mol. The fourth-order valence-electron chi connectivity index (χ4n) is 5.46. The van der Waals surface area contributed by atoms with Crippen molar-refractivity contribution >= 4 is 28.4 Å². The number of hydrogen-bond acceptors (Lipinski definition) is 4. The molecule has 0 radical (unpaired) electrons. The summed E-state index contributed by atoms with van der Waals surface area (Å²) in [5.41, 5.74) is 3.06. The topological polar surface area (TPSA) is 91.6 Å². The van der Waals surface area contributed by atoms with Crippen LogP contribution < -0.4 is 16.3 Å². The lowest BCUT2D eigenvalue weighted by Crippen LogP contribution is -2.24. The van der Waals surface area contributed by atoms with Gasteiger partial charge in [-0.2, -0.15) is 0 Å². The van der Waals surface area contributed by atoms with E-state index < -0.39 is 34.1 Å². The summed E-state index contributed by atoms with van der Waals surface area (Å²) in [6, 6.07) is 9.45. The third kappa shape index (κ3) is 5.43. The minimum atomic E-state index is -0.954. The van der Waals surface area contributed by atoms with Crippen molar-refractivity contribution in [3.63, 3.8) is 0 Å². The van der Waals surface area contributed by atoms with Crippen molar-refractivity contribution in [1.29, 1.82) is 0 Å². The van der Waals surface area contributed by atoms with Crippen molar-refractivity contribution in [2.24, 2.45) is 0 Å². The van der Waals surface area contributed by atoms with Gasteiger partial charge >= 0.3 is 11.7 Å². The van der Waals surface area contributed by atoms with Gasteiger partial charge in [-0.1, -0.05) is 41.5 Å². The SMILES string of the molecule is CC(C)(C)c1cc(-c2c(NC(=O)Nc3ccc(F)cc3F)c(=O)oc3cc4c(cc23)CCC4)cc(C(C)(C)C)c1O. The van der Waals surface area contributed by atoms with E-state index in [0.717, 1.165) is 42.5 Å². The number of phenols is 1. The molecule has 4 aromatic rings. The van der Waals surface area contributed by atoms with E-state index in [1.165, 1.54) is 0 Å². The molecule has 0 bridgehead atoms. The second-order valence-corrected chi connectivity index (χ2v) is 12.7. The van der Waals surface area contributed by atoms with Gasteiger partial charge in [0.1, 0.15) is 28.7 Å². The molecule has 3 N–H and O–H groups in total. The molecule has 0 saturated carbocycles. The highest BCUT2D eigenvalue weighted by atomic mass is 19.1. The molecule has 8 heteroatoms. The fraction of sp³-hybridized carbons (Fsp3) is 0.333. The van der Waals surface area contributed by atoms with Gasteiger partial charge in [0.2, 0.25) is 0 Å². The highest BCUT2D eigenvalue weighted by Crippen LogP contribution is 2.45. The monoisotopic (exact) mass is 560 g/mol. The summed E-state index contributed by atoms with van der Waals surface area (Å²) in [7, 11) is 0. The van der Waals surface area contributed by atoms with Crippen LogP contribution >= 0.6 is 0 Å². The van der Waals surface area contributed by atoms with Crippen LogP contribution in [0.5, 0.6) is 5.75 Å². The van der Waals surface area contributed by atoms with E-state index in [1.807, 2.05) is 65.8 Å². The fourth-order valence-corrected chi connectivity index (χ4v) is 5.46. The molecule has 1 aliphatic rings. The van der Waals surface area contributed by atoms with Crippen LogP contribution in [0.3, 0.4) is 0 Å². The van der Waals surface area contributed by atoms with Gasteiger partial charge in [0.25, 0.3) is 0 Å². The summed E-state index contributed by atoms with van der Waals surface area (Å²) in [5.74, 6) is -1.55. The number of hydrogen-bond donors (Lipinski definition) is 3. The number of nitrogens with one attached hydrogen (secondary N) is 2. The zero-order valence-electron chi connectivity index (χ0n) is 24.1. The third-order valence-electron chi connectivity index (χ3n) is 7.55. The van der Waals surface area contributed by atoms with Crippen molar-refractivity contribution in [3.8, 4) is 16.9 Å². The summed E-state index contributed by atoms with van der Waals surface area (Å²) in [4.78, 5) is 26.6. The normalized spacial score (nSPS) is 13.4. The Morgan fingerprint density at radius 2 is 1.49 bits per heavy atom. The molecule has 214 valence electrons. The van der Waals surface area contributed by atoms with Gasteiger partial charge in [-0.05, 0) is 83.2 Å². The van der Waals surface area contributed by atoms with Crippen molar-refractivity contribution < 1.29 is 23.1 Å². The predicted octanol–water partition coefficient (Wildman–Crippen LogP) is 8.17. The molecule has 0 saturated heterocycles. The molecule has 0 unspecified atom stereocenters. The van der Waals surface area contributed by atoms with Crippen molar-refractivity contribution in [2.45, 2.75) is 71.6 Å². The number of halogens is 2. The molecule has 41 heavy (non-hydrogen) atoms. The smallest absolute Gasteiger partial charge is 0.360 e. The first-order valence-corrected chi connectivity index (χ1v) is 13.7. The Kier molecular flexibility index (Phi) is 6.92. The van der Waals surface area contributed by atoms with Crippen LogP contribution in [0.2, 0.25) is 0 Å². The van der Waals surface area contributed by atoms with Gasteiger partial charge in [0.15, 0.2) is 0 Å². The zero-order chi connectivity index (χ0) is 29.9. The molecule has 0 fully saturated rings. The van der Waals surface area contributed by atoms with Gasteiger partial charge in [-0.25, -0.2) is 18.4 Å². The van der Waals surface area contributed by atoms with Crippen LogP contribution in [0.1, 0.15) is 70.2 Å². The summed E-state index contributed by atoms with van der Waals surface area (Å²) in [6.07, 6.45) is 2.76. The molecular formula is C33H34F2N2O4. The standard InChI is InChI=1S/C33H34F2N2O4/c1-32(2,3)22-13-19(14-23(29(22)38)33(4,5)6)27-21-12-17-8-7-9-18(17)15-26(21)41-30(39)28(27)37-31(40)36-25-11-10-20(34)16-24(25)35/h10-16,38H,7-9H2,1-6H3,(H2,36,37,40). The average Bonchev–Trinajstić information content (AvgIpc) is 3.31. The number of rotatable bonds is 3. The van der Waals surface area contributed by atoms with Crippen LogP contribution in [0.4, 0.5) is 25.0 Å². The van der Waals surface area contributed by atoms with Crippen LogP contribution in [0, 0.1) is 11.6 Å². The van der Waals surface area contributed by atoms with E-state index in [0.29, 0.717) is 39.3 Å². The van der Waals surface area contributed by atoms with Crippen LogP contribution in [0.25, 0.3) is 22.1 Å². The molecule has 3 aromatic carbocycles. The Hall–Kier alpha value is -4.20. The lowest BCUT2D eigenvalue weighted by molar-refractivity contribution is 0.262. The van der Waals surface area contributed by atoms with E-state index in [1.54, 1.807) is 0 Å². The first-order chi connectivity index (χ1) is 19.1. The van der Waals surface area contributed by atoms with Crippen molar-refractivity contribution in [1.82, 2.24) is 0 Å². The lowest BCUT2D eigenvalue weighted by Gasteiger charge is -2.28. The number of benzene rings is 3. The van der Waals surface area contributed by atoms with Crippen LogP contribution in [-0.2, 0) is 23.7 Å². The Balaban J connectivity index is 1.76. The summed E-state index contributed by atoms with van der Waals surface area (Å²) in [5, 5.41) is 16.9. The van der Waals surface area contributed by atoms with Crippen molar-refractivity contribution in [3.05, 3.63) is 86.8 Å². The van der Waals surface area contributed by atoms with Gasteiger partial charge in [-0.15, -0.1) is 0 Å². The molecule has 1 aliphatic carbocycles. The minimum Gasteiger partial charge on any atom is -0.507 e. The van der Waals surface area contributed by atoms with E-state index >= 15 is 0 Å². The molecule has 5 rings (SSSR count). The third-order valence-corrected chi connectivity index (χ3v) is 7.55. The second kappa shape index (κ2) is 10.0. The van der Waals surface area contributed by atoms with E-state index in [9.17, 15) is 23.5 Å². The lowest BCUT2D eigenvalue weighted by atomic mass is 9.77. The quantitative estimate of drug-likeness (QED) is 0.220. The molecule has 0 spiro atoms. The highest BCUT2D eigenvalue weighted by Gasteiger charge is 2.29. The summed E-state index contributed by atoms with van der Waals surface area (Å²) in [6.45, 7) is 12.0. The Labute approximate surface area is 237 Å². The molecular weight excluding hydrogens is 526 g/mol. The first-order valence-electron chi connectivity index (χ1n) is 13.7. The molecule has 0 atom stereocenters. The second-order valence-electron chi connectivity index (χ2n) is 12.7. The van der Waals surface area contributed by atoms with Gasteiger partial charge in [0, 0.05) is 28.1 Å². The number of fused-ring (bicyclic) bond motifs is 2. The highest BCUT2D eigenvalue weighted by molar-refractivity contribution is 6.07. The first kappa shape index (κ1) is 28.3. The Bertz CT molecular complexity index is 1730. The number of amides is 2. The van der Waals surface area contributed by atoms with Crippen LogP contribution in [0.15, 0.2) is 51.7 Å². The largest absolute Gasteiger partial charge is 0.507 e. The van der Waals surface area contributed by atoms with Gasteiger partial charge < -0.3 is 20.2 Å². The summed E-state index contributed by atoms with van der Waals surface area (Å²) < 4.78 is 33.4. The number of aryl methyl sites for hydroxylation is 2. The number of phenolic OH excluding ortho intramolecular Hbond substituents is 1. The molecule has 1 aromatic heterocycles. The van der Waals surface area contributed by atoms with Crippen LogP contribution in [-0.4, -0.2) is 11.1 Å². The van der Waals surface area contributed by atoms with Gasteiger partial charge in [0.05, 0.1) is 5.69 Å². The Morgan fingerprint density at radius 1 is 0.878 bits per heavy atom. The van der Waals surface area contributed by atoms with E-state index in [4.69, 9.17) is 4.42 Å². The minimum absolute atomic E-state index is 0.124. The number of aromatic hydroxyl groups is 1. The number of carbonyl (C=O) groups is 1.